The van der Waals surface area contributed by atoms with Gasteiger partial charge in [-0.2, -0.15) is 0 Å². The van der Waals surface area contributed by atoms with E-state index >= 15 is 0 Å². The van der Waals surface area contributed by atoms with Crippen LogP contribution in [0, 0.1) is 26.7 Å². The van der Waals surface area contributed by atoms with E-state index in [1.54, 1.807) is 6.33 Å². The first kappa shape index (κ1) is 27.2. The van der Waals surface area contributed by atoms with Gasteiger partial charge in [0.25, 0.3) is 5.91 Å². The Balaban J connectivity index is 1.04. The number of likely N-dealkylation sites (tertiary alicyclic amines) is 2. The Morgan fingerprint density at radius 1 is 0.842 bits per heavy atom. The summed E-state index contributed by atoms with van der Waals surface area (Å²) < 4.78 is 0. The van der Waals surface area contributed by atoms with E-state index in [4.69, 9.17) is 0 Å². The molecule has 38 heavy (non-hydrogen) atoms. The van der Waals surface area contributed by atoms with Crippen molar-refractivity contribution < 1.29 is 4.79 Å². The Kier molecular flexibility index (Phi) is 8.46. The first-order valence-corrected chi connectivity index (χ1v) is 14.6. The van der Waals surface area contributed by atoms with Crippen molar-refractivity contribution in [2.24, 2.45) is 5.92 Å². The van der Waals surface area contributed by atoms with Gasteiger partial charge >= 0.3 is 0 Å². The smallest absolute Gasteiger partial charge is 0.257 e. The molecule has 0 atom stereocenters. The van der Waals surface area contributed by atoms with Gasteiger partial charge in [-0.3, -0.25) is 14.6 Å². The quantitative estimate of drug-likeness (QED) is 0.578. The standard InChI is InChI=1S/C31H46N6O/c1-24-5-7-27(8-6-24)21-34-17-19-35(20-18-34)22-28-9-13-37(14-10-28)31(4)11-15-36(16-12-31)30(38)29-25(2)32-23-33-26(29)3/h5-8,23,28H,9-22H2,1-4H3. The predicted molar refractivity (Wildman–Crippen MR) is 152 cm³/mol. The molecule has 1 amide bonds. The average molecular weight is 519 g/mol. The van der Waals surface area contributed by atoms with E-state index in [1.165, 1.54) is 69.8 Å². The number of aryl methyl sites for hydroxylation is 3. The highest BCUT2D eigenvalue weighted by atomic mass is 16.2. The highest BCUT2D eigenvalue weighted by Crippen LogP contribution is 2.33. The Bertz CT molecular complexity index is 1060. The van der Waals surface area contributed by atoms with Crippen molar-refractivity contribution in [2.75, 3.05) is 58.9 Å². The molecule has 7 heteroatoms. The maximum Gasteiger partial charge on any atom is 0.257 e. The molecule has 0 aliphatic carbocycles. The summed E-state index contributed by atoms with van der Waals surface area (Å²) >= 11 is 0. The van der Waals surface area contributed by atoms with E-state index < -0.39 is 0 Å². The van der Waals surface area contributed by atoms with Crippen LogP contribution in [0.2, 0.25) is 0 Å². The van der Waals surface area contributed by atoms with E-state index in [0.717, 1.165) is 49.8 Å². The monoisotopic (exact) mass is 518 g/mol. The van der Waals surface area contributed by atoms with Gasteiger partial charge in [0, 0.05) is 57.9 Å². The summed E-state index contributed by atoms with van der Waals surface area (Å²) in [4.78, 5) is 31.8. The van der Waals surface area contributed by atoms with Crippen LogP contribution in [0.1, 0.15) is 65.5 Å². The highest BCUT2D eigenvalue weighted by Gasteiger charge is 2.39. The zero-order valence-electron chi connectivity index (χ0n) is 24.0. The minimum absolute atomic E-state index is 0.0975. The normalized spacial score (nSPS) is 22.1. The number of piperazine rings is 1. The molecule has 3 aliphatic heterocycles. The molecule has 1 aromatic heterocycles. The van der Waals surface area contributed by atoms with Crippen LogP contribution >= 0.6 is 0 Å². The van der Waals surface area contributed by atoms with Crippen LogP contribution in [0.5, 0.6) is 0 Å². The summed E-state index contributed by atoms with van der Waals surface area (Å²) in [5.74, 6) is 0.907. The average Bonchev–Trinajstić information content (AvgIpc) is 2.92. The lowest BCUT2D eigenvalue weighted by Gasteiger charge is -2.49. The highest BCUT2D eigenvalue weighted by molar-refractivity contribution is 5.96. The second-order valence-electron chi connectivity index (χ2n) is 12.2. The molecule has 7 nitrogen and oxygen atoms in total. The van der Waals surface area contributed by atoms with E-state index in [2.05, 4.69) is 62.8 Å². The zero-order valence-corrected chi connectivity index (χ0v) is 24.0. The molecule has 0 spiro atoms. The van der Waals surface area contributed by atoms with Crippen LogP contribution in [-0.2, 0) is 6.54 Å². The molecule has 2 aromatic rings. The van der Waals surface area contributed by atoms with Crippen molar-refractivity contribution in [3.8, 4) is 0 Å². The SMILES string of the molecule is Cc1ccc(CN2CCN(CC3CCN(C4(C)CCN(C(=O)c5c(C)ncnc5C)CC4)CC3)CC2)cc1. The Morgan fingerprint density at radius 3 is 2.03 bits per heavy atom. The number of rotatable bonds is 6. The fourth-order valence-corrected chi connectivity index (χ4v) is 6.67. The first-order valence-electron chi connectivity index (χ1n) is 14.6. The molecule has 3 aliphatic rings. The minimum atomic E-state index is 0.0975. The van der Waals surface area contributed by atoms with Gasteiger partial charge in [-0.25, -0.2) is 9.97 Å². The van der Waals surface area contributed by atoms with E-state index in [9.17, 15) is 4.79 Å². The topological polar surface area (TPSA) is 55.8 Å². The van der Waals surface area contributed by atoms with Crippen molar-refractivity contribution in [1.29, 1.82) is 0 Å². The van der Waals surface area contributed by atoms with Crippen LogP contribution in [0.3, 0.4) is 0 Å². The Morgan fingerprint density at radius 2 is 1.42 bits per heavy atom. The lowest BCUT2D eigenvalue weighted by Crippen LogP contribution is -2.57. The molecular formula is C31H46N6O. The maximum absolute atomic E-state index is 13.2. The summed E-state index contributed by atoms with van der Waals surface area (Å²) in [7, 11) is 0. The third-order valence-electron chi connectivity index (χ3n) is 9.45. The van der Waals surface area contributed by atoms with Gasteiger partial charge in [0.1, 0.15) is 6.33 Å². The number of nitrogens with zero attached hydrogens (tertiary/aromatic N) is 6. The molecule has 5 rings (SSSR count). The summed E-state index contributed by atoms with van der Waals surface area (Å²) in [5.41, 5.74) is 5.21. The lowest BCUT2D eigenvalue weighted by molar-refractivity contribution is 0.00561. The third-order valence-corrected chi connectivity index (χ3v) is 9.45. The van der Waals surface area contributed by atoms with Gasteiger partial charge in [0.05, 0.1) is 17.0 Å². The molecule has 0 N–H and O–H groups in total. The Labute approximate surface area is 229 Å². The van der Waals surface area contributed by atoms with Gasteiger partial charge in [-0.1, -0.05) is 29.8 Å². The second-order valence-corrected chi connectivity index (χ2v) is 12.2. The summed E-state index contributed by atoms with van der Waals surface area (Å²) in [6.07, 6.45) is 6.21. The van der Waals surface area contributed by atoms with Crippen LogP contribution in [-0.4, -0.2) is 99.9 Å². The number of piperidine rings is 2. The summed E-state index contributed by atoms with van der Waals surface area (Å²) in [5, 5.41) is 0. The van der Waals surface area contributed by atoms with Crippen molar-refractivity contribution in [3.05, 3.63) is 58.7 Å². The number of carbonyl (C=O) groups excluding carboxylic acids is 1. The molecule has 1 aromatic carbocycles. The van der Waals surface area contributed by atoms with E-state index in [0.29, 0.717) is 5.56 Å². The number of amides is 1. The van der Waals surface area contributed by atoms with Gasteiger partial charge in [0.2, 0.25) is 0 Å². The summed E-state index contributed by atoms with van der Waals surface area (Å²) in [6, 6.07) is 9.00. The third kappa shape index (κ3) is 6.27. The van der Waals surface area contributed by atoms with Crippen LogP contribution in [0.25, 0.3) is 0 Å². The second kappa shape index (κ2) is 11.8. The van der Waals surface area contributed by atoms with Crippen molar-refractivity contribution in [3.63, 3.8) is 0 Å². The molecule has 206 valence electrons. The van der Waals surface area contributed by atoms with Crippen LogP contribution in [0.15, 0.2) is 30.6 Å². The fraction of sp³-hybridized carbons (Fsp3) is 0.645. The van der Waals surface area contributed by atoms with Gasteiger partial charge in [0.15, 0.2) is 0 Å². The number of carbonyl (C=O) groups is 1. The molecule has 0 radical (unpaired) electrons. The molecule has 4 heterocycles. The zero-order chi connectivity index (χ0) is 26.7. The van der Waals surface area contributed by atoms with Crippen molar-refractivity contribution >= 4 is 5.91 Å². The van der Waals surface area contributed by atoms with Gasteiger partial charge in [-0.05, 0) is 77.9 Å². The Hall–Kier alpha value is -2.35. The van der Waals surface area contributed by atoms with E-state index in [-0.39, 0.29) is 11.4 Å². The predicted octanol–water partition coefficient (Wildman–Crippen LogP) is 3.93. The summed E-state index contributed by atoms with van der Waals surface area (Å²) in [6.45, 7) is 19.5. The number of hydrogen-bond acceptors (Lipinski definition) is 6. The maximum atomic E-state index is 13.2. The molecule has 0 unspecified atom stereocenters. The minimum Gasteiger partial charge on any atom is -0.338 e. The van der Waals surface area contributed by atoms with Crippen LogP contribution < -0.4 is 0 Å². The molecule has 0 bridgehead atoms. The number of hydrogen-bond donors (Lipinski definition) is 0. The molecular weight excluding hydrogens is 472 g/mol. The lowest BCUT2D eigenvalue weighted by atomic mass is 9.84. The molecule has 3 saturated heterocycles. The fourth-order valence-electron chi connectivity index (χ4n) is 6.67. The van der Waals surface area contributed by atoms with Crippen LogP contribution in [0.4, 0.5) is 0 Å². The largest absolute Gasteiger partial charge is 0.338 e. The van der Waals surface area contributed by atoms with Gasteiger partial charge in [-0.15, -0.1) is 0 Å². The van der Waals surface area contributed by atoms with E-state index in [1.807, 2.05) is 18.7 Å². The van der Waals surface area contributed by atoms with Crippen molar-refractivity contribution in [1.82, 2.24) is 29.6 Å². The van der Waals surface area contributed by atoms with Crippen molar-refractivity contribution in [2.45, 2.75) is 65.5 Å². The van der Waals surface area contributed by atoms with Gasteiger partial charge < -0.3 is 9.80 Å². The first-order chi connectivity index (χ1) is 18.3. The number of aromatic nitrogens is 2. The number of benzene rings is 1. The molecule has 0 saturated carbocycles. The molecule has 3 fully saturated rings.